The van der Waals surface area contributed by atoms with Gasteiger partial charge in [0.25, 0.3) is 0 Å². The van der Waals surface area contributed by atoms with E-state index >= 15 is 0 Å². The summed E-state index contributed by atoms with van der Waals surface area (Å²) in [6.45, 7) is 10.9. The Labute approximate surface area is 98.9 Å². The van der Waals surface area contributed by atoms with Gasteiger partial charge >= 0.3 is 0 Å². The van der Waals surface area contributed by atoms with Crippen LogP contribution in [0.2, 0.25) is 0 Å². The molecular weight excluding hydrogens is 202 g/mol. The molecule has 0 bridgehead atoms. The van der Waals surface area contributed by atoms with E-state index < -0.39 is 0 Å². The highest BCUT2D eigenvalue weighted by atomic mass is 16.5. The Morgan fingerprint density at radius 2 is 1.88 bits per heavy atom. The van der Waals surface area contributed by atoms with Crippen LogP contribution in [0, 0.1) is 0 Å². The van der Waals surface area contributed by atoms with E-state index in [-0.39, 0.29) is 0 Å². The van der Waals surface area contributed by atoms with E-state index in [0.29, 0.717) is 18.2 Å². The molecule has 4 heteroatoms. The number of ether oxygens (including phenoxy) is 1. The Kier molecular flexibility index (Phi) is 4.19. The van der Waals surface area contributed by atoms with Gasteiger partial charge in [-0.25, -0.2) is 0 Å². The monoisotopic (exact) mass is 227 g/mol. The molecule has 2 rings (SSSR count). The van der Waals surface area contributed by atoms with Crippen molar-refractivity contribution < 1.29 is 4.74 Å². The van der Waals surface area contributed by atoms with Crippen LogP contribution in [-0.4, -0.2) is 74.4 Å². The van der Waals surface area contributed by atoms with Crippen molar-refractivity contribution in [3.8, 4) is 0 Å². The third-order valence-corrected chi connectivity index (χ3v) is 3.44. The molecule has 0 saturated carbocycles. The summed E-state index contributed by atoms with van der Waals surface area (Å²) in [4.78, 5) is 4.90. The number of morpholine rings is 1. The summed E-state index contributed by atoms with van der Waals surface area (Å²) in [7, 11) is 2.18. The molecule has 0 aromatic carbocycles. The first-order valence-corrected chi connectivity index (χ1v) is 6.42. The summed E-state index contributed by atoms with van der Waals surface area (Å²) < 4.78 is 5.82. The molecular formula is C12H25N3O. The lowest BCUT2D eigenvalue weighted by atomic mass is 10.1. The summed E-state index contributed by atoms with van der Waals surface area (Å²) in [6, 6.07) is 1.20. The predicted octanol–water partition coefficient (Wildman–Crippen LogP) is -0.000800. The molecule has 4 nitrogen and oxygen atoms in total. The Morgan fingerprint density at radius 3 is 2.50 bits per heavy atom. The van der Waals surface area contributed by atoms with E-state index in [4.69, 9.17) is 4.74 Å². The number of hydrogen-bond donors (Lipinski definition) is 1. The molecule has 2 saturated heterocycles. The lowest BCUT2D eigenvalue weighted by Crippen LogP contribution is -2.57. The number of nitrogens with zero attached hydrogens (tertiary/aromatic N) is 2. The molecule has 3 unspecified atom stereocenters. The van der Waals surface area contributed by atoms with Gasteiger partial charge in [-0.2, -0.15) is 0 Å². The third-order valence-electron chi connectivity index (χ3n) is 3.44. The van der Waals surface area contributed by atoms with Crippen LogP contribution in [0.3, 0.4) is 0 Å². The maximum absolute atomic E-state index is 5.82. The molecule has 16 heavy (non-hydrogen) atoms. The molecule has 0 aliphatic carbocycles. The fourth-order valence-electron chi connectivity index (χ4n) is 2.85. The molecule has 2 heterocycles. The first-order valence-electron chi connectivity index (χ1n) is 6.42. The van der Waals surface area contributed by atoms with Crippen molar-refractivity contribution in [2.45, 2.75) is 32.0 Å². The average Bonchev–Trinajstić information content (AvgIpc) is 2.15. The van der Waals surface area contributed by atoms with Gasteiger partial charge in [0.05, 0.1) is 12.7 Å². The van der Waals surface area contributed by atoms with Crippen molar-refractivity contribution in [2.24, 2.45) is 0 Å². The first kappa shape index (κ1) is 12.3. The Balaban J connectivity index is 1.79. The van der Waals surface area contributed by atoms with E-state index in [9.17, 15) is 0 Å². The van der Waals surface area contributed by atoms with Gasteiger partial charge in [0.1, 0.15) is 0 Å². The fourth-order valence-corrected chi connectivity index (χ4v) is 2.85. The average molecular weight is 227 g/mol. The van der Waals surface area contributed by atoms with Crippen LogP contribution in [0.5, 0.6) is 0 Å². The highest BCUT2D eigenvalue weighted by molar-refractivity contribution is 4.83. The lowest BCUT2D eigenvalue weighted by molar-refractivity contribution is -0.0401. The van der Waals surface area contributed by atoms with Crippen molar-refractivity contribution in [2.75, 3.05) is 46.4 Å². The Hall–Kier alpha value is -0.160. The van der Waals surface area contributed by atoms with Crippen LogP contribution < -0.4 is 5.32 Å². The zero-order valence-electron chi connectivity index (χ0n) is 10.8. The Bertz CT molecular complexity index is 214. The van der Waals surface area contributed by atoms with Gasteiger partial charge in [-0.15, -0.1) is 0 Å². The van der Waals surface area contributed by atoms with Gasteiger partial charge in [0, 0.05) is 44.8 Å². The topological polar surface area (TPSA) is 27.7 Å². The zero-order valence-corrected chi connectivity index (χ0v) is 10.8. The quantitative estimate of drug-likeness (QED) is 0.719. The molecule has 2 fully saturated rings. The van der Waals surface area contributed by atoms with Crippen molar-refractivity contribution in [3.05, 3.63) is 0 Å². The van der Waals surface area contributed by atoms with Gasteiger partial charge in [-0.05, 0) is 20.9 Å². The maximum Gasteiger partial charge on any atom is 0.0829 e. The maximum atomic E-state index is 5.82. The van der Waals surface area contributed by atoms with E-state index in [1.54, 1.807) is 0 Å². The van der Waals surface area contributed by atoms with E-state index in [2.05, 4.69) is 36.0 Å². The summed E-state index contributed by atoms with van der Waals surface area (Å²) in [6.07, 6.45) is 0.399. The van der Waals surface area contributed by atoms with Crippen molar-refractivity contribution in [3.63, 3.8) is 0 Å². The molecule has 94 valence electrons. The molecule has 0 amide bonds. The Morgan fingerprint density at radius 1 is 1.19 bits per heavy atom. The first-order chi connectivity index (χ1) is 7.63. The summed E-state index contributed by atoms with van der Waals surface area (Å²) in [5.41, 5.74) is 0. The molecule has 0 spiro atoms. The minimum atomic E-state index is 0.399. The highest BCUT2D eigenvalue weighted by Crippen LogP contribution is 2.09. The second-order valence-electron chi connectivity index (χ2n) is 5.44. The summed E-state index contributed by atoms with van der Waals surface area (Å²) in [5, 5.41) is 3.56. The normalized spacial score (nSPS) is 38.8. The number of nitrogens with one attached hydrogen (secondary N) is 1. The second-order valence-corrected chi connectivity index (χ2v) is 5.44. The third kappa shape index (κ3) is 3.42. The van der Waals surface area contributed by atoms with Gasteiger partial charge in [0.15, 0.2) is 0 Å². The molecule has 0 aromatic heterocycles. The lowest BCUT2D eigenvalue weighted by Gasteiger charge is -2.39. The smallest absolute Gasteiger partial charge is 0.0829 e. The highest BCUT2D eigenvalue weighted by Gasteiger charge is 2.25. The number of likely N-dealkylation sites (N-methyl/N-ethyl adjacent to an activating group) is 1. The minimum Gasteiger partial charge on any atom is -0.374 e. The van der Waals surface area contributed by atoms with Gasteiger partial charge in [0.2, 0.25) is 0 Å². The van der Waals surface area contributed by atoms with Crippen molar-refractivity contribution in [1.82, 2.24) is 15.1 Å². The number of rotatable bonds is 2. The van der Waals surface area contributed by atoms with Crippen LogP contribution in [0.15, 0.2) is 0 Å². The van der Waals surface area contributed by atoms with Gasteiger partial charge < -0.3 is 15.0 Å². The van der Waals surface area contributed by atoms with Crippen LogP contribution in [0.25, 0.3) is 0 Å². The standard InChI is InChI=1S/C12H25N3O/c1-10-6-15(7-11(2)13-10)9-12-8-14(3)4-5-16-12/h10-13H,4-9H2,1-3H3. The molecule has 0 radical (unpaired) electrons. The van der Waals surface area contributed by atoms with Crippen LogP contribution in [-0.2, 0) is 4.74 Å². The molecule has 1 N–H and O–H groups in total. The molecule has 2 aliphatic heterocycles. The van der Waals surface area contributed by atoms with Crippen molar-refractivity contribution >= 4 is 0 Å². The summed E-state index contributed by atoms with van der Waals surface area (Å²) >= 11 is 0. The fraction of sp³-hybridized carbons (Fsp3) is 1.00. The predicted molar refractivity (Wildman–Crippen MR) is 65.7 cm³/mol. The van der Waals surface area contributed by atoms with Crippen molar-refractivity contribution in [1.29, 1.82) is 0 Å². The largest absolute Gasteiger partial charge is 0.374 e. The number of piperazine rings is 1. The van der Waals surface area contributed by atoms with Gasteiger partial charge in [-0.1, -0.05) is 0 Å². The SMILES string of the molecule is CC1CN(CC2CN(C)CCO2)CC(C)N1. The van der Waals surface area contributed by atoms with E-state index in [1.165, 1.54) is 0 Å². The molecule has 2 aliphatic rings. The molecule has 3 atom stereocenters. The van der Waals surface area contributed by atoms with Crippen LogP contribution in [0.1, 0.15) is 13.8 Å². The molecule has 0 aromatic rings. The summed E-state index contributed by atoms with van der Waals surface area (Å²) in [5.74, 6) is 0. The van der Waals surface area contributed by atoms with E-state index in [1.807, 2.05) is 0 Å². The van der Waals surface area contributed by atoms with Gasteiger partial charge in [-0.3, -0.25) is 4.90 Å². The van der Waals surface area contributed by atoms with Crippen LogP contribution in [0.4, 0.5) is 0 Å². The minimum absolute atomic E-state index is 0.399. The van der Waals surface area contributed by atoms with E-state index in [0.717, 1.165) is 39.3 Å². The number of hydrogen-bond acceptors (Lipinski definition) is 4. The zero-order chi connectivity index (χ0) is 11.5. The van der Waals surface area contributed by atoms with Crippen LogP contribution >= 0.6 is 0 Å². The second kappa shape index (κ2) is 5.45.